The summed E-state index contributed by atoms with van der Waals surface area (Å²) in [6, 6.07) is 6.37. The maximum absolute atomic E-state index is 14.4. The first-order chi connectivity index (χ1) is 18.6. The van der Waals surface area contributed by atoms with E-state index in [1.807, 2.05) is 0 Å². The van der Waals surface area contributed by atoms with Crippen molar-refractivity contribution in [1.82, 2.24) is 0 Å². The summed E-state index contributed by atoms with van der Waals surface area (Å²) in [7, 11) is 3.39. The molecule has 3 nitrogen and oxygen atoms in total. The molecule has 0 radical (unpaired) electrons. The van der Waals surface area contributed by atoms with Gasteiger partial charge in [-0.1, -0.05) is 12.1 Å². The Hall–Kier alpha value is -3.35. The van der Waals surface area contributed by atoms with Crippen molar-refractivity contribution in [3.05, 3.63) is 54.1 Å². The number of benzene rings is 2. The SMILES string of the molecule is CN(C)c1ccc(N=Nc2ccc(C(F)(F)C(F)(F)C(F)(F)C(F)(F)C(F)(F)C(F)(F)C(F)(F)C(F)(F)F)cc2)cc1. The maximum atomic E-state index is 14.4. The Labute approximate surface area is 223 Å². The van der Waals surface area contributed by atoms with Gasteiger partial charge in [0.15, 0.2) is 0 Å². The van der Waals surface area contributed by atoms with Crippen LogP contribution in [0.4, 0.5) is 91.7 Å². The first-order valence-corrected chi connectivity index (χ1v) is 10.6. The van der Waals surface area contributed by atoms with Crippen LogP contribution in [0.1, 0.15) is 5.56 Å². The topological polar surface area (TPSA) is 28.0 Å². The van der Waals surface area contributed by atoms with Crippen molar-refractivity contribution in [2.45, 2.75) is 47.6 Å². The normalized spacial score (nSPS) is 14.9. The third-order valence-corrected chi connectivity index (χ3v) is 5.60. The van der Waals surface area contributed by atoms with Gasteiger partial charge in [-0.15, -0.1) is 0 Å². The van der Waals surface area contributed by atoms with Crippen molar-refractivity contribution in [3.63, 3.8) is 0 Å². The smallest absolute Gasteiger partial charge is 0.378 e. The van der Waals surface area contributed by atoms with E-state index in [1.165, 1.54) is 12.1 Å². The van der Waals surface area contributed by atoms with Crippen LogP contribution in [0, 0.1) is 0 Å². The lowest BCUT2D eigenvalue weighted by molar-refractivity contribution is -0.462. The van der Waals surface area contributed by atoms with Gasteiger partial charge >= 0.3 is 47.6 Å². The van der Waals surface area contributed by atoms with Crippen LogP contribution in [-0.4, -0.2) is 55.8 Å². The third kappa shape index (κ3) is 5.20. The molecule has 0 aliphatic carbocycles. The van der Waals surface area contributed by atoms with Crippen molar-refractivity contribution in [2.75, 3.05) is 19.0 Å². The highest BCUT2D eigenvalue weighted by Crippen LogP contribution is 2.65. The Kier molecular flexibility index (Phi) is 8.65. The van der Waals surface area contributed by atoms with Gasteiger partial charge in [-0.05, 0) is 36.4 Å². The first-order valence-electron chi connectivity index (χ1n) is 10.6. The van der Waals surface area contributed by atoms with Crippen LogP contribution >= 0.6 is 0 Å². The van der Waals surface area contributed by atoms with Gasteiger partial charge in [0.05, 0.1) is 11.4 Å². The van der Waals surface area contributed by atoms with Crippen LogP contribution in [0.5, 0.6) is 0 Å². The number of halogens is 17. The van der Waals surface area contributed by atoms with E-state index in [9.17, 15) is 74.6 Å². The molecule has 20 heteroatoms. The second-order valence-corrected chi connectivity index (χ2v) is 8.68. The fourth-order valence-corrected chi connectivity index (χ4v) is 3.02. The van der Waals surface area contributed by atoms with Gasteiger partial charge in [-0.25, -0.2) is 0 Å². The Balaban J connectivity index is 2.46. The van der Waals surface area contributed by atoms with Crippen LogP contribution in [-0.2, 0) is 5.92 Å². The number of hydrogen-bond donors (Lipinski definition) is 0. The number of azo groups is 1. The predicted octanol–water partition coefficient (Wildman–Crippen LogP) is 9.63. The molecule has 236 valence electrons. The summed E-state index contributed by atoms with van der Waals surface area (Å²) in [5, 5.41) is 7.12. The summed E-state index contributed by atoms with van der Waals surface area (Å²) < 4.78 is 229. The minimum Gasteiger partial charge on any atom is -0.378 e. The molecule has 0 saturated carbocycles. The zero-order valence-electron chi connectivity index (χ0n) is 20.4. The highest BCUT2D eigenvalue weighted by molar-refractivity contribution is 5.52. The van der Waals surface area contributed by atoms with Crippen LogP contribution < -0.4 is 4.90 Å². The van der Waals surface area contributed by atoms with E-state index in [-0.39, 0.29) is 17.8 Å². The molecule has 0 spiro atoms. The minimum atomic E-state index is -8.67. The summed E-state index contributed by atoms with van der Waals surface area (Å²) >= 11 is 0. The Bertz CT molecular complexity index is 1260. The molecule has 0 atom stereocenters. The number of nitrogens with zero attached hydrogens (tertiary/aromatic N) is 3. The minimum absolute atomic E-state index is 0.150. The van der Waals surface area contributed by atoms with Gasteiger partial charge in [0, 0.05) is 25.3 Å². The lowest BCUT2D eigenvalue weighted by Crippen LogP contribution is -2.74. The molecule has 2 aromatic rings. The maximum Gasteiger partial charge on any atom is 0.460 e. The van der Waals surface area contributed by atoms with E-state index in [0.29, 0.717) is 17.8 Å². The standard InChI is InChI=1S/C22H14F17N3/c1-42(2)14-9-7-13(8-10-14)41-40-12-5-3-11(4-6-12)15(23,24)16(25,26)17(27,28)18(29,30)19(31,32)20(33,34)21(35,36)22(37,38)39/h3-10H,1-2H3. The van der Waals surface area contributed by atoms with Crippen LogP contribution in [0.2, 0.25) is 0 Å². The van der Waals surface area contributed by atoms with Gasteiger partial charge < -0.3 is 4.90 Å². The lowest BCUT2D eigenvalue weighted by Gasteiger charge is -2.42. The number of alkyl halides is 17. The molecule has 2 aromatic carbocycles. The van der Waals surface area contributed by atoms with E-state index in [2.05, 4.69) is 10.2 Å². The van der Waals surface area contributed by atoms with E-state index in [1.54, 1.807) is 31.1 Å². The van der Waals surface area contributed by atoms with Crippen LogP contribution in [0.3, 0.4) is 0 Å². The summed E-state index contributed by atoms with van der Waals surface area (Å²) in [5.41, 5.74) is -1.92. The van der Waals surface area contributed by atoms with Crippen molar-refractivity contribution < 1.29 is 74.6 Å². The molecule has 42 heavy (non-hydrogen) atoms. The third-order valence-electron chi connectivity index (χ3n) is 5.60. The molecule has 0 N–H and O–H groups in total. The second-order valence-electron chi connectivity index (χ2n) is 8.68. The molecule has 0 amide bonds. The molecular weight excluding hydrogens is 629 g/mol. The average molecular weight is 643 g/mol. The van der Waals surface area contributed by atoms with E-state index in [0.717, 1.165) is 0 Å². The average Bonchev–Trinajstić information content (AvgIpc) is 2.86. The molecule has 0 heterocycles. The molecular formula is C22H14F17N3. The van der Waals surface area contributed by atoms with Crippen molar-refractivity contribution >= 4 is 17.1 Å². The van der Waals surface area contributed by atoms with Crippen molar-refractivity contribution in [1.29, 1.82) is 0 Å². The fourth-order valence-electron chi connectivity index (χ4n) is 3.02. The summed E-state index contributed by atoms with van der Waals surface area (Å²) in [4.78, 5) is 1.69. The lowest BCUT2D eigenvalue weighted by atomic mass is 9.87. The molecule has 0 fully saturated rings. The van der Waals surface area contributed by atoms with Gasteiger partial charge in [-0.3, -0.25) is 0 Å². The van der Waals surface area contributed by atoms with Gasteiger partial charge in [0.1, 0.15) is 0 Å². The summed E-state index contributed by atoms with van der Waals surface area (Å²) in [5.74, 6) is -56.8. The van der Waals surface area contributed by atoms with Crippen molar-refractivity contribution in [3.8, 4) is 0 Å². The monoisotopic (exact) mass is 643 g/mol. The van der Waals surface area contributed by atoms with Crippen LogP contribution in [0.25, 0.3) is 0 Å². The zero-order chi connectivity index (χ0) is 33.0. The van der Waals surface area contributed by atoms with Gasteiger partial charge in [-0.2, -0.15) is 84.9 Å². The quantitative estimate of drug-likeness (QED) is 0.187. The van der Waals surface area contributed by atoms with E-state index in [4.69, 9.17) is 0 Å². The second kappa shape index (κ2) is 10.4. The molecule has 0 unspecified atom stereocenters. The Morgan fingerprint density at radius 2 is 0.738 bits per heavy atom. The number of rotatable bonds is 10. The summed E-state index contributed by atoms with van der Waals surface area (Å²) in [6.07, 6.45) is -7.80. The predicted molar refractivity (Wildman–Crippen MR) is 111 cm³/mol. The molecule has 0 saturated heterocycles. The number of hydrogen-bond acceptors (Lipinski definition) is 3. The van der Waals surface area contributed by atoms with Crippen LogP contribution in [0.15, 0.2) is 58.8 Å². The zero-order valence-corrected chi connectivity index (χ0v) is 20.4. The van der Waals surface area contributed by atoms with Gasteiger partial charge in [0.25, 0.3) is 0 Å². The first kappa shape index (κ1) is 34.8. The molecule has 0 aromatic heterocycles. The molecule has 2 rings (SSSR count). The molecule has 0 aliphatic rings. The highest BCUT2D eigenvalue weighted by Gasteiger charge is 2.95. The summed E-state index contributed by atoms with van der Waals surface area (Å²) in [6.45, 7) is 0. The Morgan fingerprint density at radius 1 is 0.429 bits per heavy atom. The Morgan fingerprint density at radius 3 is 1.07 bits per heavy atom. The molecule has 0 bridgehead atoms. The van der Waals surface area contributed by atoms with Gasteiger partial charge in [0.2, 0.25) is 0 Å². The molecule has 0 aliphatic heterocycles. The largest absolute Gasteiger partial charge is 0.460 e. The van der Waals surface area contributed by atoms with E-state index < -0.39 is 58.9 Å². The highest BCUT2D eigenvalue weighted by atomic mass is 19.4. The van der Waals surface area contributed by atoms with Crippen molar-refractivity contribution in [2.24, 2.45) is 10.2 Å². The fraction of sp³-hybridized carbons (Fsp3) is 0.455. The number of anilines is 1. The van der Waals surface area contributed by atoms with E-state index >= 15 is 0 Å².